The molecule has 0 bridgehead atoms. The number of benzene rings is 2. The minimum absolute atomic E-state index is 0.854. The van der Waals surface area contributed by atoms with Crippen molar-refractivity contribution in [3.63, 3.8) is 0 Å². The maximum Gasteiger partial charge on any atom is 0.119 e. The molecular weight excluding hydrogens is 184 g/mol. The van der Waals surface area contributed by atoms with Crippen molar-refractivity contribution in [2.45, 2.75) is 6.42 Å². The van der Waals surface area contributed by atoms with Crippen molar-refractivity contribution >= 4 is 0 Å². The summed E-state index contributed by atoms with van der Waals surface area (Å²) in [7, 11) is 1.67. The maximum absolute atomic E-state index is 5.09. The average Bonchev–Trinajstić information content (AvgIpc) is 2.31. The minimum atomic E-state index is 0.854. The molecule has 0 saturated carbocycles. The standard InChI is InChI=1S/C14H13O/c1-15-14-9-7-13(8-10-14)11-12-5-3-2-4-6-12/h2-7,9-10H,11H2,1H3. The van der Waals surface area contributed by atoms with Gasteiger partial charge in [-0.15, -0.1) is 0 Å². The number of rotatable bonds is 3. The summed E-state index contributed by atoms with van der Waals surface area (Å²) in [5.41, 5.74) is 2.49. The molecule has 0 amide bonds. The molecule has 2 aromatic rings. The van der Waals surface area contributed by atoms with Crippen LogP contribution in [-0.2, 0) is 6.42 Å². The lowest BCUT2D eigenvalue weighted by atomic mass is 10.1. The summed E-state index contributed by atoms with van der Waals surface area (Å²) in [4.78, 5) is 0. The molecule has 0 N–H and O–H groups in total. The van der Waals surface area contributed by atoms with Gasteiger partial charge in [0.25, 0.3) is 0 Å². The van der Waals surface area contributed by atoms with Crippen molar-refractivity contribution in [3.8, 4) is 5.75 Å². The third-order valence-electron chi connectivity index (χ3n) is 2.32. The van der Waals surface area contributed by atoms with E-state index in [0.29, 0.717) is 0 Å². The van der Waals surface area contributed by atoms with Crippen molar-refractivity contribution in [1.82, 2.24) is 0 Å². The quantitative estimate of drug-likeness (QED) is 0.734. The van der Waals surface area contributed by atoms with Crippen molar-refractivity contribution in [1.29, 1.82) is 0 Å². The zero-order valence-electron chi connectivity index (χ0n) is 8.73. The van der Waals surface area contributed by atoms with Crippen LogP contribution < -0.4 is 4.74 Å². The van der Waals surface area contributed by atoms with Gasteiger partial charge in [0.1, 0.15) is 5.75 Å². The van der Waals surface area contributed by atoms with Gasteiger partial charge in [-0.1, -0.05) is 36.4 Å². The molecular formula is C14H13O. The molecule has 0 spiro atoms. The van der Waals surface area contributed by atoms with E-state index < -0.39 is 0 Å². The lowest BCUT2D eigenvalue weighted by molar-refractivity contribution is 0.414. The third kappa shape index (κ3) is 2.59. The molecule has 0 fully saturated rings. The van der Waals surface area contributed by atoms with Gasteiger partial charge in [0.2, 0.25) is 0 Å². The molecule has 2 rings (SSSR count). The molecule has 1 heteroatoms. The number of ether oxygens (including phenoxy) is 1. The zero-order valence-corrected chi connectivity index (χ0v) is 8.73. The molecule has 75 valence electrons. The van der Waals surface area contributed by atoms with Gasteiger partial charge < -0.3 is 4.74 Å². The van der Waals surface area contributed by atoms with Crippen LogP contribution in [0.2, 0.25) is 0 Å². The van der Waals surface area contributed by atoms with E-state index >= 15 is 0 Å². The van der Waals surface area contributed by atoms with Crippen molar-refractivity contribution in [3.05, 3.63) is 65.7 Å². The summed E-state index contributed by atoms with van der Waals surface area (Å²) in [5, 5.41) is 0. The van der Waals surface area contributed by atoms with E-state index in [4.69, 9.17) is 4.74 Å². The topological polar surface area (TPSA) is 9.23 Å². The molecule has 0 saturated heterocycles. The second kappa shape index (κ2) is 4.65. The second-order valence-corrected chi connectivity index (χ2v) is 3.42. The van der Waals surface area contributed by atoms with Gasteiger partial charge in [0, 0.05) is 0 Å². The molecule has 0 aromatic heterocycles. The largest absolute Gasteiger partial charge is 0.497 e. The molecule has 0 heterocycles. The van der Waals surface area contributed by atoms with Gasteiger partial charge in [-0.2, -0.15) is 0 Å². The first-order valence-electron chi connectivity index (χ1n) is 4.97. The van der Waals surface area contributed by atoms with Gasteiger partial charge in [-0.05, 0) is 35.7 Å². The minimum Gasteiger partial charge on any atom is -0.497 e. The molecule has 0 atom stereocenters. The van der Waals surface area contributed by atoms with E-state index in [-0.39, 0.29) is 0 Å². The summed E-state index contributed by atoms with van der Waals surface area (Å²) in [6.45, 7) is 0. The molecule has 1 radical (unpaired) electrons. The van der Waals surface area contributed by atoms with Gasteiger partial charge >= 0.3 is 0 Å². The Morgan fingerprint density at radius 1 is 1.07 bits per heavy atom. The predicted molar refractivity (Wildman–Crippen MR) is 61.1 cm³/mol. The third-order valence-corrected chi connectivity index (χ3v) is 2.32. The lowest BCUT2D eigenvalue weighted by Gasteiger charge is -2.02. The Hall–Kier alpha value is -1.76. The maximum atomic E-state index is 5.09. The predicted octanol–water partition coefficient (Wildman–Crippen LogP) is 3.09. The molecule has 1 nitrogen and oxygen atoms in total. The molecule has 0 aliphatic heterocycles. The summed E-state index contributed by atoms with van der Waals surface area (Å²) in [6.07, 6.45) is 0.921. The highest BCUT2D eigenvalue weighted by Gasteiger charge is 1.96. The normalized spacial score (nSPS) is 9.93. The number of hydrogen-bond acceptors (Lipinski definition) is 1. The Morgan fingerprint density at radius 3 is 2.47 bits per heavy atom. The second-order valence-electron chi connectivity index (χ2n) is 3.42. The van der Waals surface area contributed by atoms with Crippen LogP contribution in [0.4, 0.5) is 0 Å². The summed E-state index contributed by atoms with van der Waals surface area (Å²) in [5.74, 6) is 0.854. The van der Waals surface area contributed by atoms with Crippen molar-refractivity contribution < 1.29 is 4.74 Å². The van der Waals surface area contributed by atoms with E-state index in [2.05, 4.69) is 30.3 Å². The van der Waals surface area contributed by atoms with E-state index in [1.807, 2.05) is 24.3 Å². The highest BCUT2D eigenvalue weighted by Crippen LogP contribution is 2.13. The highest BCUT2D eigenvalue weighted by atomic mass is 16.5. The molecule has 0 unspecified atom stereocenters. The van der Waals surface area contributed by atoms with Gasteiger partial charge in [0.05, 0.1) is 7.11 Å². The van der Waals surface area contributed by atoms with Crippen LogP contribution in [0.15, 0.2) is 48.5 Å². The molecule has 0 aliphatic carbocycles. The number of hydrogen-bond donors (Lipinski definition) is 0. The van der Waals surface area contributed by atoms with Crippen LogP contribution >= 0.6 is 0 Å². The average molecular weight is 197 g/mol. The summed E-state index contributed by atoms with van der Waals surface area (Å²) >= 11 is 0. The van der Waals surface area contributed by atoms with Crippen LogP contribution in [0.3, 0.4) is 0 Å². The zero-order chi connectivity index (χ0) is 10.5. The van der Waals surface area contributed by atoms with Crippen molar-refractivity contribution in [2.75, 3.05) is 7.11 Å². The van der Waals surface area contributed by atoms with Crippen LogP contribution in [0.1, 0.15) is 11.1 Å². The first-order chi connectivity index (χ1) is 7.38. The fourth-order valence-corrected chi connectivity index (χ4v) is 1.50. The Labute approximate surface area is 90.3 Å². The van der Waals surface area contributed by atoms with Gasteiger partial charge in [-0.25, -0.2) is 0 Å². The van der Waals surface area contributed by atoms with Crippen LogP contribution in [0, 0.1) is 6.07 Å². The van der Waals surface area contributed by atoms with Gasteiger partial charge in [-0.3, -0.25) is 0 Å². The van der Waals surface area contributed by atoms with Crippen LogP contribution in [-0.4, -0.2) is 7.11 Å². The van der Waals surface area contributed by atoms with E-state index in [9.17, 15) is 0 Å². The monoisotopic (exact) mass is 197 g/mol. The Kier molecular flexibility index (Phi) is 3.03. The lowest BCUT2D eigenvalue weighted by Crippen LogP contribution is -1.88. The smallest absolute Gasteiger partial charge is 0.119 e. The number of methoxy groups -OCH3 is 1. The Bertz CT molecular complexity index is 403. The molecule has 0 aliphatic rings. The fourth-order valence-electron chi connectivity index (χ4n) is 1.50. The Morgan fingerprint density at radius 2 is 1.87 bits per heavy atom. The summed E-state index contributed by atoms with van der Waals surface area (Å²) in [6, 6.07) is 19.5. The van der Waals surface area contributed by atoms with E-state index in [1.54, 1.807) is 7.11 Å². The fraction of sp³-hybridized carbons (Fsp3) is 0.143. The Balaban J connectivity index is 2.11. The molecule has 15 heavy (non-hydrogen) atoms. The first-order valence-corrected chi connectivity index (χ1v) is 4.97. The van der Waals surface area contributed by atoms with Crippen LogP contribution in [0.25, 0.3) is 0 Å². The SMILES string of the molecule is COc1c[c]c(Cc2ccccc2)cc1. The van der Waals surface area contributed by atoms with Gasteiger partial charge in [0.15, 0.2) is 0 Å². The highest BCUT2D eigenvalue weighted by molar-refractivity contribution is 5.30. The summed E-state index contributed by atoms with van der Waals surface area (Å²) < 4.78 is 5.09. The van der Waals surface area contributed by atoms with Crippen LogP contribution in [0.5, 0.6) is 5.75 Å². The molecule has 2 aromatic carbocycles. The van der Waals surface area contributed by atoms with E-state index in [1.165, 1.54) is 11.1 Å². The van der Waals surface area contributed by atoms with E-state index in [0.717, 1.165) is 12.2 Å². The first kappa shape index (κ1) is 9.78. The van der Waals surface area contributed by atoms with Crippen molar-refractivity contribution in [2.24, 2.45) is 0 Å².